The summed E-state index contributed by atoms with van der Waals surface area (Å²) >= 11 is 0. The van der Waals surface area contributed by atoms with Gasteiger partial charge in [0.1, 0.15) is 6.61 Å². The fourth-order valence-corrected chi connectivity index (χ4v) is 4.55. The van der Waals surface area contributed by atoms with Gasteiger partial charge in [-0.25, -0.2) is 4.79 Å². The molecule has 1 aromatic heterocycles. The Hall–Kier alpha value is -4.39. The first-order valence-corrected chi connectivity index (χ1v) is 11.8. The van der Waals surface area contributed by atoms with Gasteiger partial charge in [-0.3, -0.25) is 9.59 Å². The van der Waals surface area contributed by atoms with Crippen LogP contribution in [-0.4, -0.2) is 29.9 Å². The van der Waals surface area contributed by atoms with Crippen LogP contribution in [0.3, 0.4) is 0 Å². The number of esters is 2. The molecule has 36 heavy (non-hydrogen) atoms. The average Bonchev–Trinajstić information content (AvgIpc) is 3.59. The standard InChI is InChI=1S/C29H26N2O5/c1-17(32)36-16-18-7-6-10-20(11-18)26-15-23-25(29(34)35-2)12-21(13-27(23)31-26)30-28(33)24-14-22(24)19-8-4-3-5-9-19/h3-13,15,22,24,31H,14,16H2,1-2H3,(H,30,33)/t22-,24+/m0/s1. The summed E-state index contributed by atoms with van der Waals surface area (Å²) in [6.07, 6.45) is 0.804. The molecule has 7 heteroatoms. The zero-order chi connectivity index (χ0) is 25.2. The number of H-pyrrole nitrogens is 1. The molecule has 1 saturated carbocycles. The lowest BCUT2D eigenvalue weighted by Gasteiger charge is -2.08. The molecule has 0 aliphatic heterocycles. The molecule has 0 bridgehead atoms. The van der Waals surface area contributed by atoms with E-state index in [4.69, 9.17) is 9.47 Å². The van der Waals surface area contributed by atoms with E-state index in [0.717, 1.165) is 28.8 Å². The van der Waals surface area contributed by atoms with Crippen molar-refractivity contribution in [1.29, 1.82) is 0 Å². The minimum absolute atomic E-state index is 0.0658. The van der Waals surface area contributed by atoms with Crippen molar-refractivity contribution in [3.05, 3.63) is 89.5 Å². The van der Waals surface area contributed by atoms with E-state index in [2.05, 4.69) is 10.3 Å². The largest absolute Gasteiger partial charge is 0.465 e. The summed E-state index contributed by atoms with van der Waals surface area (Å²) in [4.78, 5) is 40.1. The van der Waals surface area contributed by atoms with Crippen LogP contribution in [0.2, 0.25) is 0 Å². The second-order valence-electron chi connectivity index (χ2n) is 8.99. The van der Waals surface area contributed by atoms with Crippen molar-refractivity contribution in [1.82, 2.24) is 4.98 Å². The number of hydrogen-bond acceptors (Lipinski definition) is 5. The third-order valence-electron chi connectivity index (χ3n) is 6.45. The van der Waals surface area contributed by atoms with Gasteiger partial charge in [-0.15, -0.1) is 0 Å². The van der Waals surface area contributed by atoms with Crippen molar-refractivity contribution in [2.45, 2.75) is 25.9 Å². The van der Waals surface area contributed by atoms with Gasteiger partial charge < -0.3 is 19.8 Å². The van der Waals surface area contributed by atoms with Gasteiger partial charge >= 0.3 is 11.9 Å². The van der Waals surface area contributed by atoms with Gasteiger partial charge in [-0.2, -0.15) is 0 Å². The van der Waals surface area contributed by atoms with E-state index >= 15 is 0 Å². The molecule has 182 valence electrons. The number of carbonyl (C=O) groups excluding carboxylic acids is 3. The van der Waals surface area contributed by atoms with Crippen LogP contribution < -0.4 is 5.32 Å². The van der Waals surface area contributed by atoms with E-state index in [1.165, 1.54) is 14.0 Å². The third-order valence-corrected chi connectivity index (χ3v) is 6.45. The molecular weight excluding hydrogens is 456 g/mol. The molecule has 1 aliphatic carbocycles. The molecule has 0 unspecified atom stereocenters. The van der Waals surface area contributed by atoms with E-state index in [9.17, 15) is 14.4 Å². The van der Waals surface area contributed by atoms with Crippen LogP contribution in [0.1, 0.15) is 40.7 Å². The fraction of sp³-hybridized carbons (Fsp3) is 0.207. The number of anilines is 1. The summed E-state index contributed by atoms with van der Waals surface area (Å²) in [6, 6.07) is 23.0. The fourth-order valence-electron chi connectivity index (χ4n) is 4.55. The minimum atomic E-state index is -0.487. The molecule has 0 saturated heterocycles. The number of hydrogen-bond donors (Lipinski definition) is 2. The van der Waals surface area contributed by atoms with Crippen LogP contribution in [0.25, 0.3) is 22.2 Å². The Morgan fingerprint density at radius 2 is 1.81 bits per heavy atom. The summed E-state index contributed by atoms with van der Waals surface area (Å²) in [6.45, 7) is 1.55. The van der Waals surface area contributed by atoms with E-state index in [-0.39, 0.29) is 30.3 Å². The first-order chi connectivity index (χ1) is 17.4. The Morgan fingerprint density at radius 3 is 2.56 bits per heavy atom. The summed E-state index contributed by atoms with van der Waals surface area (Å²) in [5.74, 6) is -0.775. The minimum Gasteiger partial charge on any atom is -0.465 e. The second-order valence-corrected chi connectivity index (χ2v) is 8.99. The number of carbonyl (C=O) groups is 3. The first kappa shape index (κ1) is 23.4. The summed E-state index contributed by atoms with van der Waals surface area (Å²) in [5.41, 5.74) is 5.26. The molecule has 1 heterocycles. The van der Waals surface area contributed by atoms with E-state index in [1.807, 2.05) is 66.7 Å². The highest BCUT2D eigenvalue weighted by atomic mass is 16.5. The van der Waals surface area contributed by atoms with Crippen molar-refractivity contribution >= 4 is 34.4 Å². The molecule has 0 spiro atoms. The number of aromatic amines is 1. The van der Waals surface area contributed by atoms with Crippen LogP contribution in [0.4, 0.5) is 5.69 Å². The number of benzene rings is 3. The van der Waals surface area contributed by atoms with Crippen LogP contribution >= 0.6 is 0 Å². The molecule has 4 aromatic rings. The highest BCUT2D eigenvalue weighted by Gasteiger charge is 2.43. The molecule has 5 rings (SSSR count). The quantitative estimate of drug-likeness (QED) is 0.343. The van der Waals surface area contributed by atoms with Crippen LogP contribution in [0, 0.1) is 5.92 Å². The topological polar surface area (TPSA) is 97.5 Å². The summed E-state index contributed by atoms with van der Waals surface area (Å²) in [5, 5.41) is 3.67. The number of amides is 1. The number of rotatable bonds is 7. The van der Waals surface area contributed by atoms with E-state index < -0.39 is 5.97 Å². The third kappa shape index (κ3) is 4.86. The van der Waals surface area contributed by atoms with Crippen molar-refractivity contribution in [3.8, 4) is 11.3 Å². The van der Waals surface area contributed by atoms with Crippen molar-refractivity contribution in [2.75, 3.05) is 12.4 Å². The van der Waals surface area contributed by atoms with Crippen LogP contribution in [0.5, 0.6) is 0 Å². The lowest BCUT2D eigenvalue weighted by molar-refractivity contribution is -0.142. The molecule has 3 aromatic carbocycles. The van der Waals surface area contributed by atoms with Gasteiger partial charge in [-0.1, -0.05) is 48.5 Å². The summed E-state index contributed by atoms with van der Waals surface area (Å²) in [7, 11) is 1.33. The van der Waals surface area contributed by atoms with E-state index in [0.29, 0.717) is 22.2 Å². The molecule has 2 atom stereocenters. The highest BCUT2D eigenvalue weighted by Crippen LogP contribution is 2.48. The van der Waals surface area contributed by atoms with Crippen molar-refractivity contribution in [3.63, 3.8) is 0 Å². The van der Waals surface area contributed by atoms with Gasteiger partial charge in [0.05, 0.1) is 12.7 Å². The lowest BCUT2D eigenvalue weighted by atomic mass is 10.1. The molecule has 2 N–H and O–H groups in total. The maximum Gasteiger partial charge on any atom is 0.338 e. The predicted octanol–water partition coefficient (Wildman–Crippen LogP) is 5.43. The smallest absolute Gasteiger partial charge is 0.338 e. The Morgan fingerprint density at radius 1 is 1.00 bits per heavy atom. The maximum atomic E-state index is 12.9. The molecule has 1 amide bonds. The average molecular weight is 483 g/mol. The van der Waals surface area contributed by atoms with Gasteiger partial charge in [0, 0.05) is 35.1 Å². The van der Waals surface area contributed by atoms with Gasteiger partial charge in [0.2, 0.25) is 5.91 Å². The first-order valence-electron chi connectivity index (χ1n) is 11.8. The van der Waals surface area contributed by atoms with Crippen LogP contribution in [-0.2, 0) is 25.7 Å². The van der Waals surface area contributed by atoms with Gasteiger partial charge in [-0.05, 0) is 53.3 Å². The Balaban J connectivity index is 1.42. The number of fused-ring (bicyclic) bond motifs is 1. The Kier molecular flexibility index (Phi) is 6.29. The zero-order valence-corrected chi connectivity index (χ0v) is 20.0. The molecule has 1 aliphatic rings. The van der Waals surface area contributed by atoms with Gasteiger partial charge in [0.15, 0.2) is 0 Å². The van der Waals surface area contributed by atoms with Crippen LogP contribution in [0.15, 0.2) is 72.8 Å². The monoisotopic (exact) mass is 482 g/mol. The molecule has 1 fully saturated rings. The molecule has 7 nitrogen and oxygen atoms in total. The van der Waals surface area contributed by atoms with Crippen molar-refractivity contribution in [2.24, 2.45) is 5.92 Å². The highest BCUT2D eigenvalue weighted by molar-refractivity contribution is 6.08. The number of methoxy groups -OCH3 is 1. The summed E-state index contributed by atoms with van der Waals surface area (Å²) < 4.78 is 10.1. The lowest BCUT2D eigenvalue weighted by Crippen LogP contribution is -2.15. The second kappa shape index (κ2) is 9.70. The zero-order valence-electron chi connectivity index (χ0n) is 20.0. The van der Waals surface area contributed by atoms with Crippen molar-refractivity contribution < 1.29 is 23.9 Å². The Bertz CT molecular complexity index is 1460. The maximum absolute atomic E-state index is 12.9. The number of ether oxygens (including phenoxy) is 2. The number of nitrogens with one attached hydrogen (secondary N) is 2. The van der Waals surface area contributed by atoms with E-state index in [1.54, 1.807) is 6.07 Å². The molecular formula is C29H26N2O5. The predicted molar refractivity (Wildman–Crippen MR) is 136 cm³/mol. The number of aromatic nitrogens is 1. The van der Waals surface area contributed by atoms with Gasteiger partial charge in [0.25, 0.3) is 0 Å². The SMILES string of the molecule is COC(=O)c1cc(NC(=O)[C@@H]2C[C@H]2c2ccccc2)cc2[nH]c(-c3cccc(COC(C)=O)c3)cc12. The molecule has 0 radical (unpaired) electrons. The Labute approximate surface area is 208 Å². The normalized spacial score (nSPS) is 16.4.